The second kappa shape index (κ2) is 9.05. The molecule has 3 aromatic rings. The summed E-state index contributed by atoms with van der Waals surface area (Å²) in [5.41, 5.74) is 2.28. The highest BCUT2D eigenvalue weighted by Crippen LogP contribution is 2.29. The van der Waals surface area contributed by atoms with Crippen LogP contribution in [-0.4, -0.2) is 29.1 Å². The standard InChI is InChI=1S/C19H13ClN4O7/c1-30-19(25)14-8-11(2-5-15(14)20)18-7-4-13(31-18)10-21-22-16-6-3-12(23(26)27)9-17(16)24(28)29/h2-10,22H,1H3/b21-10-. The molecule has 0 aliphatic heterocycles. The molecule has 0 aliphatic carbocycles. The third-order valence-corrected chi connectivity index (χ3v) is 4.38. The number of nitro groups is 2. The molecule has 2 aromatic carbocycles. The lowest BCUT2D eigenvalue weighted by Gasteiger charge is -2.04. The highest BCUT2D eigenvalue weighted by atomic mass is 35.5. The Morgan fingerprint density at radius 1 is 1.13 bits per heavy atom. The maximum Gasteiger partial charge on any atom is 0.339 e. The van der Waals surface area contributed by atoms with Crippen molar-refractivity contribution in [3.05, 3.63) is 85.1 Å². The highest BCUT2D eigenvalue weighted by molar-refractivity contribution is 6.33. The summed E-state index contributed by atoms with van der Waals surface area (Å²) in [7, 11) is 1.25. The van der Waals surface area contributed by atoms with E-state index in [2.05, 4.69) is 15.3 Å². The smallest absolute Gasteiger partial charge is 0.339 e. The number of carbonyl (C=O) groups excluding carboxylic acids is 1. The van der Waals surface area contributed by atoms with E-state index in [9.17, 15) is 25.0 Å². The molecule has 0 radical (unpaired) electrons. The Bertz CT molecular complexity index is 1210. The van der Waals surface area contributed by atoms with Crippen LogP contribution in [-0.2, 0) is 4.74 Å². The molecule has 11 nitrogen and oxygen atoms in total. The minimum Gasteiger partial charge on any atom is -0.465 e. The normalized spacial score (nSPS) is 10.8. The number of esters is 1. The number of nitrogens with zero attached hydrogens (tertiary/aromatic N) is 3. The molecule has 0 atom stereocenters. The van der Waals surface area contributed by atoms with Crippen molar-refractivity contribution in [2.75, 3.05) is 12.5 Å². The van der Waals surface area contributed by atoms with Gasteiger partial charge in [-0.05, 0) is 36.4 Å². The minimum atomic E-state index is -0.755. The number of carbonyl (C=O) groups is 1. The van der Waals surface area contributed by atoms with Crippen molar-refractivity contribution >= 4 is 40.8 Å². The van der Waals surface area contributed by atoms with Crippen LogP contribution in [0, 0.1) is 20.2 Å². The molecule has 1 heterocycles. The summed E-state index contributed by atoms with van der Waals surface area (Å²) < 4.78 is 10.3. The molecule has 158 valence electrons. The Labute approximate surface area is 179 Å². The molecule has 1 N–H and O–H groups in total. The van der Waals surface area contributed by atoms with Crippen molar-refractivity contribution in [2.45, 2.75) is 0 Å². The molecule has 0 saturated carbocycles. The Hall–Kier alpha value is -4.25. The van der Waals surface area contributed by atoms with Gasteiger partial charge in [0, 0.05) is 11.6 Å². The zero-order chi connectivity index (χ0) is 22.5. The SMILES string of the molecule is COC(=O)c1cc(-c2ccc(/C=N\Nc3ccc([N+](=O)[O-])cc3[N+](=O)[O-])o2)ccc1Cl. The van der Waals surface area contributed by atoms with Crippen LogP contribution in [0.1, 0.15) is 16.1 Å². The topological polar surface area (TPSA) is 150 Å². The fourth-order valence-corrected chi connectivity index (χ4v) is 2.76. The predicted molar refractivity (Wildman–Crippen MR) is 111 cm³/mol. The second-order valence-electron chi connectivity index (χ2n) is 5.97. The van der Waals surface area contributed by atoms with Crippen molar-refractivity contribution in [3.8, 4) is 11.3 Å². The second-order valence-corrected chi connectivity index (χ2v) is 6.38. The summed E-state index contributed by atoms with van der Waals surface area (Å²) in [6, 6.07) is 11.1. The number of ether oxygens (including phenoxy) is 1. The quantitative estimate of drug-likeness (QED) is 0.239. The predicted octanol–water partition coefficient (Wildman–Crippen LogP) is 4.65. The van der Waals surface area contributed by atoms with Crippen molar-refractivity contribution in [3.63, 3.8) is 0 Å². The van der Waals surface area contributed by atoms with Crippen molar-refractivity contribution in [1.29, 1.82) is 0 Å². The van der Waals surface area contributed by atoms with Crippen LogP contribution in [0.2, 0.25) is 5.02 Å². The van der Waals surface area contributed by atoms with Crippen LogP contribution in [0.3, 0.4) is 0 Å². The van der Waals surface area contributed by atoms with Crippen LogP contribution in [0.4, 0.5) is 17.1 Å². The third kappa shape index (κ3) is 4.85. The minimum absolute atomic E-state index is 0.0287. The lowest BCUT2D eigenvalue weighted by Crippen LogP contribution is -2.02. The van der Waals surface area contributed by atoms with Crippen LogP contribution < -0.4 is 5.43 Å². The number of nitro benzene ring substituents is 2. The Morgan fingerprint density at radius 3 is 2.58 bits per heavy atom. The largest absolute Gasteiger partial charge is 0.465 e. The zero-order valence-electron chi connectivity index (χ0n) is 15.8. The van der Waals surface area contributed by atoms with E-state index in [0.29, 0.717) is 17.1 Å². The number of hydrogen-bond donors (Lipinski definition) is 1. The van der Waals surface area contributed by atoms with E-state index in [0.717, 1.165) is 12.1 Å². The average molecular weight is 445 g/mol. The van der Waals surface area contributed by atoms with Gasteiger partial charge >= 0.3 is 11.7 Å². The number of rotatable bonds is 7. The zero-order valence-corrected chi connectivity index (χ0v) is 16.5. The number of benzene rings is 2. The maximum absolute atomic E-state index is 11.8. The summed E-state index contributed by atoms with van der Waals surface area (Å²) in [5, 5.41) is 26.0. The van der Waals surface area contributed by atoms with Gasteiger partial charge in [0.2, 0.25) is 0 Å². The lowest BCUT2D eigenvalue weighted by molar-refractivity contribution is -0.393. The van der Waals surface area contributed by atoms with Gasteiger partial charge in [-0.3, -0.25) is 25.7 Å². The van der Waals surface area contributed by atoms with Crippen LogP contribution in [0.15, 0.2) is 58.0 Å². The van der Waals surface area contributed by atoms with Crippen LogP contribution >= 0.6 is 11.6 Å². The summed E-state index contributed by atoms with van der Waals surface area (Å²) in [6.45, 7) is 0. The van der Waals surface area contributed by atoms with Gasteiger partial charge in [-0.1, -0.05) is 11.6 Å². The van der Waals surface area contributed by atoms with E-state index in [1.54, 1.807) is 18.2 Å². The molecule has 31 heavy (non-hydrogen) atoms. The first-order valence-corrected chi connectivity index (χ1v) is 8.88. The van der Waals surface area contributed by atoms with Gasteiger partial charge in [-0.25, -0.2) is 4.79 Å². The van der Waals surface area contributed by atoms with E-state index in [1.165, 1.54) is 31.5 Å². The molecular formula is C19H13ClN4O7. The van der Waals surface area contributed by atoms with Crippen LogP contribution in [0.5, 0.6) is 0 Å². The average Bonchev–Trinajstić information content (AvgIpc) is 3.22. The van der Waals surface area contributed by atoms with Gasteiger partial charge in [-0.2, -0.15) is 5.10 Å². The monoisotopic (exact) mass is 444 g/mol. The van der Waals surface area contributed by atoms with Gasteiger partial charge in [0.15, 0.2) is 0 Å². The summed E-state index contributed by atoms with van der Waals surface area (Å²) in [5.74, 6) is 0.139. The maximum atomic E-state index is 11.8. The third-order valence-electron chi connectivity index (χ3n) is 4.05. The Kier molecular flexibility index (Phi) is 6.26. The van der Waals surface area contributed by atoms with Crippen molar-refractivity contribution < 1.29 is 23.8 Å². The summed E-state index contributed by atoms with van der Waals surface area (Å²) >= 11 is 6.01. The number of halogens is 1. The van der Waals surface area contributed by atoms with E-state index < -0.39 is 27.2 Å². The first-order chi connectivity index (χ1) is 14.8. The van der Waals surface area contributed by atoms with E-state index in [1.807, 2.05) is 0 Å². The number of furan rings is 1. The molecule has 12 heteroatoms. The number of methoxy groups -OCH3 is 1. The number of non-ortho nitro benzene ring substituents is 1. The molecule has 0 amide bonds. The van der Waals surface area contributed by atoms with E-state index in [4.69, 9.17) is 16.0 Å². The number of nitrogens with one attached hydrogen (secondary N) is 1. The van der Waals surface area contributed by atoms with Gasteiger partial charge in [0.05, 0.1) is 39.8 Å². The molecule has 0 spiro atoms. The first-order valence-electron chi connectivity index (χ1n) is 8.50. The lowest BCUT2D eigenvalue weighted by atomic mass is 10.1. The van der Waals surface area contributed by atoms with Gasteiger partial charge < -0.3 is 9.15 Å². The van der Waals surface area contributed by atoms with E-state index >= 15 is 0 Å². The van der Waals surface area contributed by atoms with Gasteiger partial charge in [0.1, 0.15) is 17.2 Å². The molecular weight excluding hydrogens is 432 g/mol. The van der Waals surface area contributed by atoms with Crippen molar-refractivity contribution in [2.24, 2.45) is 5.10 Å². The van der Waals surface area contributed by atoms with E-state index in [-0.39, 0.29) is 16.3 Å². The number of anilines is 1. The van der Waals surface area contributed by atoms with Crippen molar-refractivity contribution in [1.82, 2.24) is 0 Å². The van der Waals surface area contributed by atoms with Gasteiger partial charge in [-0.15, -0.1) is 0 Å². The fourth-order valence-electron chi connectivity index (χ4n) is 2.57. The highest BCUT2D eigenvalue weighted by Gasteiger charge is 2.19. The Morgan fingerprint density at radius 2 is 1.90 bits per heavy atom. The first kappa shape index (κ1) is 21.5. The molecule has 0 saturated heterocycles. The molecule has 0 unspecified atom stereocenters. The molecule has 0 aliphatic rings. The van der Waals surface area contributed by atoms with Gasteiger partial charge in [0.25, 0.3) is 5.69 Å². The molecule has 0 bridgehead atoms. The number of hydrogen-bond acceptors (Lipinski definition) is 9. The molecule has 1 aromatic heterocycles. The Balaban J connectivity index is 1.79. The molecule has 0 fully saturated rings. The summed E-state index contributed by atoms with van der Waals surface area (Å²) in [4.78, 5) is 32.2. The van der Waals surface area contributed by atoms with Crippen LogP contribution in [0.25, 0.3) is 11.3 Å². The summed E-state index contributed by atoms with van der Waals surface area (Å²) in [6.07, 6.45) is 1.27. The molecule has 3 rings (SSSR count). The number of hydrazone groups is 1. The fraction of sp³-hybridized carbons (Fsp3) is 0.0526.